The van der Waals surface area contributed by atoms with E-state index in [1.807, 2.05) is 0 Å². The van der Waals surface area contributed by atoms with Gasteiger partial charge in [-0.25, -0.2) is 4.79 Å². The molecule has 3 aliphatic heterocycles. The van der Waals surface area contributed by atoms with Crippen molar-refractivity contribution in [2.75, 3.05) is 32.7 Å². The number of carbonyl (C=O) groups excluding carboxylic acids is 14. The highest BCUT2D eigenvalue weighted by Crippen LogP contribution is 2.24. The fourth-order valence-electron chi connectivity index (χ4n) is 13.0. The van der Waals surface area contributed by atoms with Crippen molar-refractivity contribution < 1.29 is 92.0 Å². The lowest BCUT2D eigenvalue weighted by Crippen LogP contribution is -2.61. The zero-order valence-electron chi connectivity index (χ0n) is 64.9. The summed E-state index contributed by atoms with van der Waals surface area (Å²) in [5, 5.41) is 58.0. The van der Waals surface area contributed by atoms with Crippen molar-refractivity contribution in [1.29, 1.82) is 0 Å². The number of carboxylic acid groups (broad SMARTS) is 2. The molecule has 112 heavy (non-hydrogen) atoms. The zero-order valence-corrected chi connectivity index (χ0v) is 64.9. The monoisotopic (exact) mass is 1580 g/mol. The maximum atomic E-state index is 15.0. The van der Waals surface area contributed by atoms with Gasteiger partial charge in [0.05, 0.1) is 6.42 Å². The van der Waals surface area contributed by atoms with Gasteiger partial charge in [0.15, 0.2) is 11.9 Å². The number of hydrogen-bond acceptors (Lipinski definition) is 20. The van der Waals surface area contributed by atoms with Crippen LogP contribution in [0.15, 0.2) is 34.3 Å². The molecule has 26 N–H and O–H groups in total. The van der Waals surface area contributed by atoms with Gasteiger partial charge in [-0.3, -0.25) is 81.9 Å². The van der Waals surface area contributed by atoms with Crippen LogP contribution in [-0.2, 0) is 83.1 Å². The summed E-state index contributed by atoms with van der Waals surface area (Å²) in [6, 6.07) is -12.6. The third kappa shape index (κ3) is 31.4. The topological polar surface area (TPSA) is 653 Å². The van der Waals surface area contributed by atoms with Gasteiger partial charge in [0.25, 0.3) is 0 Å². The molecule has 40 nitrogen and oxygen atoms in total. The quantitative estimate of drug-likeness (QED) is 0.0166. The Kier molecular flexibility index (Phi) is 38.9. The molecule has 14 atom stereocenters. The second-order valence-electron chi connectivity index (χ2n) is 29.4. The SMILES string of the molecule is CC[C@H](C)[C@H](NC(=O)[C@H](C)NC(=O)[C@@H]1CCCN1C(=O)[C@H](CCCN=C(N)N)NC(=O)[C@H](CCCN=C(N)N)NC(=O)[C@@H]1CCCN1C(=O)[C@H](CCCCN)NC(=O)C(CC(N)=O)NC(=O)[C@H](CCC(=O)O)NC(=O)[C@H](Cc1ccc(O)cc1)NC(=O)[C@H](CC(C)C)NC(=O)[C@@H]1CCC(=O)N1)C(=O)N[C@@H](CC(C)C)C(=O)O. The van der Waals surface area contributed by atoms with E-state index in [0.29, 0.717) is 24.8 Å². The molecule has 0 radical (unpaired) electrons. The number of nitrogens with two attached hydrogens (primary N) is 6. The van der Waals surface area contributed by atoms with Crippen LogP contribution in [-0.4, -0.2) is 243 Å². The number of phenolic OH excluding ortho intramolecular Hbond substituents is 1. The first kappa shape index (κ1) is 93.4. The van der Waals surface area contributed by atoms with Gasteiger partial charge in [0.2, 0.25) is 82.7 Å². The van der Waals surface area contributed by atoms with Crippen LogP contribution in [0, 0.1) is 17.8 Å². The number of unbranched alkanes of at least 4 members (excludes halogenated alkanes) is 1. The van der Waals surface area contributed by atoms with E-state index in [2.05, 4.69) is 68.5 Å². The van der Waals surface area contributed by atoms with E-state index in [-0.39, 0.29) is 158 Å². The minimum Gasteiger partial charge on any atom is -0.508 e. The standard InChI is InChI=1S/C72H117N21O19/c1-8-39(6)57(67(108)90-51(70(111)112)34-38(4)5)91-58(99)40(7)81-65(106)52-18-13-31-92(52)69(110)47(17-12-30-80-72(77)78)85-59(100)43(16-11-29-79-71(75)76)84-66(107)53-19-14-32-93(53)68(109)46(15-9-10-28-73)86-64(105)50(36-54(74)95)89-61(102)45(25-27-56(97)98)83-63(104)49(35-41-20-22-42(94)23-21-41)88-62(103)48(33-37(2)3)87-60(101)44-24-26-55(96)82-44/h20-23,37-40,43-53,57,94H,8-19,24-36,73H2,1-7H3,(H2,74,95)(H,81,106)(H,82,96)(H,83,104)(H,84,107)(H,85,100)(H,86,105)(H,87,101)(H,88,103)(H,89,102)(H,90,108)(H,91,99)(H,97,98)(H,111,112)(H4,75,76,79)(H4,77,78,80)/t39-,40-,43-,44-,45-,46-,47-,48-,49-,50?,51-,52-,53-,57-/m0/s1. The number of likely N-dealkylation sites (tertiary alicyclic amines) is 2. The highest BCUT2D eigenvalue weighted by atomic mass is 16.4. The average Bonchev–Trinajstić information content (AvgIpc) is 1.64. The minimum atomic E-state index is -1.92. The van der Waals surface area contributed by atoms with E-state index < -0.39 is 192 Å². The van der Waals surface area contributed by atoms with E-state index >= 15 is 0 Å². The molecular formula is C72H117N21O19. The van der Waals surface area contributed by atoms with Crippen molar-refractivity contribution in [2.24, 2.45) is 62.1 Å². The molecule has 1 aromatic rings. The summed E-state index contributed by atoms with van der Waals surface area (Å²) in [6.07, 6.45) is -0.858. The second kappa shape index (κ2) is 46.6. The number of phenols is 1. The van der Waals surface area contributed by atoms with Crippen molar-refractivity contribution in [1.82, 2.24) is 68.3 Å². The number of primary amides is 1. The maximum absolute atomic E-state index is 15.0. The van der Waals surface area contributed by atoms with E-state index in [0.717, 1.165) is 0 Å². The van der Waals surface area contributed by atoms with Crippen molar-refractivity contribution in [3.63, 3.8) is 0 Å². The van der Waals surface area contributed by atoms with Crippen LogP contribution in [0.2, 0.25) is 0 Å². The van der Waals surface area contributed by atoms with Crippen LogP contribution in [0.1, 0.15) is 176 Å². The van der Waals surface area contributed by atoms with Gasteiger partial charge in [-0.1, -0.05) is 60.1 Å². The number of guanidine groups is 2. The van der Waals surface area contributed by atoms with E-state index in [1.165, 1.54) is 41.0 Å². The normalized spacial score (nSPS) is 18.2. The van der Waals surface area contributed by atoms with Crippen molar-refractivity contribution >= 4 is 107 Å². The summed E-state index contributed by atoms with van der Waals surface area (Å²) >= 11 is 0. The molecule has 1 aromatic carbocycles. The summed E-state index contributed by atoms with van der Waals surface area (Å²) in [5.41, 5.74) is 34.3. The number of nitrogens with one attached hydrogen (secondary N) is 11. The smallest absolute Gasteiger partial charge is 0.326 e. The van der Waals surface area contributed by atoms with Gasteiger partial charge in [0, 0.05) is 45.4 Å². The number of aromatic hydroxyl groups is 1. The number of amides is 14. The average molecular weight is 1580 g/mol. The third-order valence-corrected chi connectivity index (χ3v) is 19.2. The number of carboxylic acids is 2. The predicted octanol–water partition coefficient (Wildman–Crippen LogP) is -4.74. The van der Waals surface area contributed by atoms with Crippen LogP contribution < -0.4 is 92.9 Å². The van der Waals surface area contributed by atoms with Crippen LogP contribution in [0.5, 0.6) is 5.75 Å². The highest BCUT2D eigenvalue weighted by Gasteiger charge is 2.44. The van der Waals surface area contributed by atoms with Crippen LogP contribution >= 0.6 is 0 Å². The minimum absolute atomic E-state index is 0.0126. The van der Waals surface area contributed by atoms with Crippen LogP contribution in [0.25, 0.3) is 0 Å². The highest BCUT2D eigenvalue weighted by molar-refractivity contribution is 6.01. The number of aliphatic carboxylic acids is 2. The molecule has 14 amide bonds. The Morgan fingerprint density at radius 1 is 0.518 bits per heavy atom. The van der Waals surface area contributed by atoms with Crippen molar-refractivity contribution in [3.05, 3.63) is 29.8 Å². The molecule has 3 fully saturated rings. The summed E-state index contributed by atoms with van der Waals surface area (Å²) in [5.74, 6) is -16.2. The molecule has 3 aliphatic rings. The Bertz CT molecular complexity index is 3520. The molecule has 0 bridgehead atoms. The Balaban J connectivity index is 1.61. The fourth-order valence-corrected chi connectivity index (χ4v) is 13.0. The molecular weight excluding hydrogens is 1460 g/mol. The second-order valence-corrected chi connectivity index (χ2v) is 29.4. The van der Waals surface area contributed by atoms with Gasteiger partial charge in [-0.2, -0.15) is 0 Å². The maximum Gasteiger partial charge on any atom is 0.326 e. The Morgan fingerprint density at radius 2 is 0.973 bits per heavy atom. The van der Waals surface area contributed by atoms with Gasteiger partial charge in [-0.05, 0) is 145 Å². The van der Waals surface area contributed by atoms with Gasteiger partial charge < -0.3 is 118 Å². The molecule has 1 unspecified atom stereocenters. The van der Waals surface area contributed by atoms with Crippen molar-refractivity contribution in [2.45, 2.75) is 255 Å². The lowest BCUT2D eigenvalue weighted by molar-refractivity contribution is -0.144. The molecule has 3 saturated heterocycles. The zero-order chi connectivity index (χ0) is 83.6. The number of nitrogens with zero attached hydrogens (tertiary/aromatic N) is 4. The lowest BCUT2D eigenvalue weighted by atomic mass is 9.96. The van der Waals surface area contributed by atoms with Crippen LogP contribution in [0.4, 0.5) is 0 Å². The Morgan fingerprint density at radius 3 is 1.46 bits per heavy atom. The number of benzene rings is 1. The number of carbonyl (C=O) groups is 16. The Labute approximate surface area is 650 Å². The first-order valence-corrected chi connectivity index (χ1v) is 38.1. The fraction of sp³-hybridized carbons (Fsp3) is 0.667. The molecule has 624 valence electrons. The molecule has 40 heteroatoms. The van der Waals surface area contributed by atoms with E-state index in [4.69, 9.17) is 34.4 Å². The number of rotatable bonds is 48. The van der Waals surface area contributed by atoms with E-state index in [1.54, 1.807) is 41.5 Å². The molecule has 0 aromatic heterocycles. The largest absolute Gasteiger partial charge is 0.508 e. The van der Waals surface area contributed by atoms with Gasteiger partial charge >= 0.3 is 11.9 Å². The summed E-state index contributed by atoms with van der Waals surface area (Å²) < 4.78 is 0. The predicted molar refractivity (Wildman–Crippen MR) is 407 cm³/mol. The first-order chi connectivity index (χ1) is 52.8. The summed E-state index contributed by atoms with van der Waals surface area (Å²) in [4.78, 5) is 231. The number of hydrogen-bond donors (Lipinski definition) is 20. The summed E-state index contributed by atoms with van der Waals surface area (Å²) in [6.45, 7) is 12.0. The lowest BCUT2D eigenvalue weighted by Gasteiger charge is -2.32. The molecule has 0 saturated carbocycles. The molecule has 0 aliphatic carbocycles. The molecule has 0 spiro atoms. The van der Waals surface area contributed by atoms with Gasteiger partial charge in [0.1, 0.15) is 84.3 Å². The third-order valence-electron chi connectivity index (χ3n) is 19.2. The van der Waals surface area contributed by atoms with Crippen molar-refractivity contribution in [3.8, 4) is 5.75 Å². The number of aliphatic imine (C=N–C) groups is 2. The van der Waals surface area contributed by atoms with E-state index in [9.17, 15) is 92.0 Å². The molecule has 3 heterocycles. The van der Waals surface area contributed by atoms with Crippen LogP contribution in [0.3, 0.4) is 0 Å². The van der Waals surface area contributed by atoms with Gasteiger partial charge in [-0.15, -0.1) is 0 Å². The summed E-state index contributed by atoms with van der Waals surface area (Å²) in [7, 11) is 0. The molecule has 4 rings (SSSR count). The first-order valence-electron chi connectivity index (χ1n) is 38.1. The Hall–Kier alpha value is -11.0.